The molecule has 1 aromatic heterocycles. The van der Waals surface area contributed by atoms with Crippen LogP contribution in [0.15, 0.2) is 45.9 Å². The molecule has 9 heteroatoms. The van der Waals surface area contributed by atoms with Gasteiger partial charge in [-0.15, -0.1) is 0 Å². The van der Waals surface area contributed by atoms with Crippen LogP contribution in [-0.4, -0.2) is 37.6 Å². The Morgan fingerprint density at radius 1 is 1.26 bits per heavy atom. The molecule has 0 aliphatic carbocycles. The Hall–Kier alpha value is -2.13. The van der Waals surface area contributed by atoms with Gasteiger partial charge in [-0.2, -0.15) is 0 Å². The van der Waals surface area contributed by atoms with Crippen LogP contribution < -0.4 is 9.62 Å². The molecule has 1 aromatic carbocycles. The molecule has 2 N–H and O–H groups in total. The molecule has 0 aliphatic heterocycles. The molecule has 0 bridgehead atoms. The lowest BCUT2D eigenvalue weighted by molar-refractivity contribution is 0.0696. The van der Waals surface area contributed by atoms with Gasteiger partial charge in [0, 0.05) is 23.8 Å². The zero-order chi connectivity index (χ0) is 20.0. The van der Waals surface area contributed by atoms with Crippen LogP contribution in [0.3, 0.4) is 0 Å². The molecular formula is C18H22BrN3O4S. The number of aromatic carboxylic acids is 1. The van der Waals surface area contributed by atoms with Gasteiger partial charge in [-0.1, -0.05) is 29.3 Å². The van der Waals surface area contributed by atoms with Crippen molar-refractivity contribution >= 4 is 43.4 Å². The van der Waals surface area contributed by atoms with Crippen LogP contribution in [-0.2, 0) is 10.0 Å². The molecule has 0 saturated heterocycles. The number of sulfonamides is 1. The Balaban J connectivity index is 2.46. The van der Waals surface area contributed by atoms with Gasteiger partial charge in [0.25, 0.3) is 10.0 Å². The fourth-order valence-corrected chi connectivity index (χ4v) is 3.80. The molecule has 0 unspecified atom stereocenters. The number of hydrogen-bond acceptors (Lipinski definition) is 5. The topological polar surface area (TPSA) is 99.6 Å². The lowest BCUT2D eigenvalue weighted by Gasteiger charge is -2.24. The number of nitrogens with one attached hydrogen (secondary N) is 1. The third-order valence-electron chi connectivity index (χ3n) is 3.94. The molecule has 0 saturated carbocycles. The molecule has 1 heterocycles. The molecule has 0 spiro atoms. The number of anilines is 2. The Morgan fingerprint density at radius 2 is 1.93 bits per heavy atom. The van der Waals surface area contributed by atoms with E-state index in [4.69, 9.17) is 0 Å². The predicted octanol–water partition coefficient (Wildman–Crippen LogP) is 3.97. The zero-order valence-corrected chi connectivity index (χ0v) is 17.5. The lowest BCUT2D eigenvalue weighted by atomic mass is 10.2. The standard InChI is InChI=1S/C18H22BrN3O4S/c1-3-5-10-22(4-2)17-16(11-13(12-20-17)18(23)24)21-27(25,26)15-8-6-14(19)7-9-15/h6-9,11-12,21H,3-5,10H2,1-2H3,(H,23,24). The Bertz CT molecular complexity index is 901. The first-order valence-corrected chi connectivity index (χ1v) is 10.8. The molecular weight excluding hydrogens is 434 g/mol. The van der Waals surface area contributed by atoms with Crippen molar-refractivity contribution in [3.05, 3.63) is 46.6 Å². The third kappa shape index (κ3) is 5.43. The maximum Gasteiger partial charge on any atom is 0.337 e. The largest absolute Gasteiger partial charge is 0.478 e. The van der Waals surface area contributed by atoms with Gasteiger partial charge in [0.2, 0.25) is 0 Å². The quantitative estimate of drug-likeness (QED) is 0.593. The normalized spacial score (nSPS) is 11.2. The van der Waals surface area contributed by atoms with Gasteiger partial charge in [-0.3, -0.25) is 4.72 Å². The van der Waals surface area contributed by atoms with E-state index in [1.807, 2.05) is 11.8 Å². The molecule has 0 atom stereocenters. The summed E-state index contributed by atoms with van der Waals surface area (Å²) in [4.78, 5) is 17.5. The molecule has 0 radical (unpaired) electrons. The van der Waals surface area contributed by atoms with Crippen LogP contribution in [0.4, 0.5) is 11.5 Å². The summed E-state index contributed by atoms with van der Waals surface area (Å²) in [5, 5.41) is 9.25. The van der Waals surface area contributed by atoms with E-state index in [1.54, 1.807) is 12.1 Å². The van der Waals surface area contributed by atoms with Crippen LogP contribution in [0, 0.1) is 0 Å². The molecule has 146 valence electrons. The van der Waals surface area contributed by atoms with Crippen molar-refractivity contribution in [2.75, 3.05) is 22.7 Å². The predicted molar refractivity (Wildman–Crippen MR) is 109 cm³/mol. The number of aromatic nitrogens is 1. The van der Waals surface area contributed by atoms with Crippen molar-refractivity contribution in [1.29, 1.82) is 0 Å². The van der Waals surface area contributed by atoms with Gasteiger partial charge >= 0.3 is 5.97 Å². The van der Waals surface area contributed by atoms with Crippen molar-refractivity contribution < 1.29 is 18.3 Å². The molecule has 2 aromatic rings. The monoisotopic (exact) mass is 455 g/mol. The summed E-state index contributed by atoms with van der Waals surface area (Å²) < 4.78 is 28.8. The highest BCUT2D eigenvalue weighted by Gasteiger charge is 2.21. The minimum atomic E-state index is -3.89. The number of nitrogens with zero attached hydrogens (tertiary/aromatic N) is 2. The Morgan fingerprint density at radius 3 is 2.48 bits per heavy atom. The minimum absolute atomic E-state index is 0.0778. The van der Waals surface area contributed by atoms with Gasteiger partial charge in [0.05, 0.1) is 16.1 Å². The zero-order valence-electron chi connectivity index (χ0n) is 15.1. The van der Waals surface area contributed by atoms with Gasteiger partial charge in [-0.25, -0.2) is 18.2 Å². The number of benzene rings is 1. The number of rotatable bonds is 9. The minimum Gasteiger partial charge on any atom is -0.478 e. The van der Waals surface area contributed by atoms with Crippen LogP contribution in [0.2, 0.25) is 0 Å². The summed E-state index contributed by atoms with van der Waals surface area (Å²) in [6.45, 7) is 5.31. The second kappa shape index (κ2) is 9.18. The molecule has 0 fully saturated rings. The molecule has 27 heavy (non-hydrogen) atoms. The molecule has 0 aliphatic rings. The number of carbonyl (C=O) groups is 1. The van der Waals surface area contributed by atoms with E-state index in [-0.39, 0.29) is 16.1 Å². The number of halogens is 1. The number of hydrogen-bond donors (Lipinski definition) is 2. The van der Waals surface area contributed by atoms with Crippen molar-refractivity contribution in [3.8, 4) is 0 Å². The van der Waals surface area contributed by atoms with E-state index in [2.05, 4.69) is 32.6 Å². The van der Waals surface area contributed by atoms with Gasteiger partial charge in [0.15, 0.2) is 5.82 Å². The van der Waals surface area contributed by atoms with Crippen molar-refractivity contribution in [3.63, 3.8) is 0 Å². The van der Waals surface area contributed by atoms with Crippen molar-refractivity contribution in [2.45, 2.75) is 31.6 Å². The number of carboxylic acid groups (broad SMARTS) is 1. The van der Waals surface area contributed by atoms with Gasteiger partial charge < -0.3 is 10.0 Å². The van der Waals surface area contributed by atoms with Crippen molar-refractivity contribution in [1.82, 2.24) is 4.98 Å². The fourth-order valence-electron chi connectivity index (χ4n) is 2.48. The summed E-state index contributed by atoms with van der Waals surface area (Å²) in [5.41, 5.74) is 0.0644. The highest BCUT2D eigenvalue weighted by atomic mass is 79.9. The maximum absolute atomic E-state index is 12.8. The number of unbranched alkanes of at least 4 members (excludes halogenated alkanes) is 1. The number of carboxylic acids is 1. The summed E-state index contributed by atoms with van der Waals surface area (Å²) >= 11 is 3.27. The first kappa shape index (κ1) is 21.2. The third-order valence-corrected chi connectivity index (χ3v) is 5.85. The second-order valence-electron chi connectivity index (χ2n) is 5.89. The first-order chi connectivity index (χ1) is 12.8. The van der Waals surface area contributed by atoms with E-state index in [0.29, 0.717) is 18.9 Å². The summed E-state index contributed by atoms with van der Waals surface area (Å²) in [6, 6.07) is 7.49. The van der Waals surface area contributed by atoms with Crippen LogP contribution in [0.1, 0.15) is 37.0 Å². The summed E-state index contributed by atoms with van der Waals surface area (Å²) in [7, 11) is -3.89. The van der Waals surface area contributed by atoms with E-state index >= 15 is 0 Å². The van der Waals surface area contributed by atoms with E-state index in [1.165, 1.54) is 24.4 Å². The first-order valence-electron chi connectivity index (χ1n) is 8.55. The molecule has 2 rings (SSSR count). The van der Waals surface area contributed by atoms with E-state index < -0.39 is 16.0 Å². The second-order valence-corrected chi connectivity index (χ2v) is 8.49. The lowest BCUT2D eigenvalue weighted by Crippen LogP contribution is -2.27. The van der Waals surface area contributed by atoms with Gasteiger partial charge in [0.1, 0.15) is 0 Å². The maximum atomic E-state index is 12.8. The van der Waals surface area contributed by atoms with E-state index in [9.17, 15) is 18.3 Å². The van der Waals surface area contributed by atoms with Crippen LogP contribution >= 0.6 is 15.9 Å². The average molecular weight is 456 g/mol. The van der Waals surface area contributed by atoms with Gasteiger partial charge in [-0.05, 0) is 43.7 Å². The summed E-state index contributed by atoms with van der Waals surface area (Å²) in [6.07, 6.45) is 3.13. The molecule has 0 amide bonds. The van der Waals surface area contributed by atoms with Crippen LogP contribution in [0.25, 0.3) is 0 Å². The average Bonchev–Trinajstić information content (AvgIpc) is 2.63. The highest BCUT2D eigenvalue weighted by Crippen LogP contribution is 2.28. The Kier molecular flexibility index (Phi) is 7.20. The van der Waals surface area contributed by atoms with Crippen LogP contribution in [0.5, 0.6) is 0 Å². The molecule has 7 nitrogen and oxygen atoms in total. The summed E-state index contributed by atoms with van der Waals surface area (Å²) in [5.74, 6) is -0.758. The SMILES string of the molecule is CCCCN(CC)c1ncc(C(=O)O)cc1NS(=O)(=O)c1ccc(Br)cc1. The smallest absolute Gasteiger partial charge is 0.337 e. The number of pyridine rings is 1. The van der Waals surface area contributed by atoms with E-state index in [0.717, 1.165) is 17.3 Å². The fraction of sp³-hybridized carbons (Fsp3) is 0.333. The highest BCUT2D eigenvalue weighted by molar-refractivity contribution is 9.10. The Labute approximate surface area is 167 Å². The van der Waals surface area contributed by atoms with Crippen molar-refractivity contribution in [2.24, 2.45) is 0 Å².